The summed E-state index contributed by atoms with van der Waals surface area (Å²) in [4.78, 5) is 12.7. The Labute approximate surface area is 125 Å². The van der Waals surface area contributed by atoms with Crippen LogP contribution in [0.25, 0.3) is 0 Å². The Balaban J connectivity index is 2.17. The first kappa shape index (κ1) is 13.3. The Morgan fingerprint density at radius 1 is 1.29 bits per heavy atom. The van der Waals surface area contributed by atoms with Gasteiger partial charge in [0.1, 0.15) is 0 Å². The molecule has 0 saturated heterocycles. The number of hydrogen-bond donors (Lipinski definition) is 0. The third kappa shape index (κ3) is 3.41. The number of hydrogen-bond acceptors (Lipinski definition) is 2. The number of thiophene rings is 1. The molecule has 1 heterocycles. The van der Waals surface area contributed by atoms with Crippen LogP contribution in [0.2, 0.25) is 5.02 Å². The van der Waals surface area contributed by atoms with Gasteiger partial charge in [-0.25, -0.2) is 0 Å². The molecule has 0 aliphatic carbocycles. The molecule has 0 radical (unpaired) electrons. The topological polar surface area (TPSA) is 17.1 Å². The van der Waals surface area contributed by atoms with Crippen LogP contribution in [0.3, 0.4) is 0 Å². The minimum absolute atomic E-state index is 0.0840. The molecule has 0 spiro atoms. The van der Waals surface area contributed by atoms with Crippen LogP contribution in [0.1, 0.15) is 15.2 Å². The van der Waals surface area contributed by atoms with Crippen LogP contribution >= 0.6 is 54.8 Å². The zero-order valence-electron chi connectivity index (χ0n) is 8.54. The first-order valence-corrected chi connectivity index (χ1v) is 7.57. The molecule has 0 aliphatic heterocycles. The van der Waals surface area contributed by atoms with Crippen LogP contribution in [0.4, 0.5) is 0 Å². The van der Waals surface area contributed by atoms with Crippen LogP contribution in [-0.2, 0) is 6.42 Å². The van der Waals surface area contributed by atoms with E-state index in [-0.39, 0.29) is 5.78 Å². The highest BCUT2D eigenvalue weighted by atomic mass is 79.9. The van der Waals surface area contributed by atoms with Crippen molar-refractivity contribution in [2.75, 3.05) is 0 Å². The third-order valence-electron chi connectivity index (χ3n) is 2.17. The molecule has 0 atom stereocenters. The Morgan fingerprint density at radius 2 is 2.06 bits per heavy atom. The van der Waals surface area contributed by atoms with E-state index in [0.29, 0.717) is 16.3 Å². The van der Waals surface area contributed by atoms with E-state index in [9.17, 15) is 4.79 Å². The Kier molecular flexibility index (Phi) is 4.42. The maximum Gasteiger partial charge on any atom is 0.177 e. The SMILES string of the molecule is O=C(Cc1cccc(Br)c1)c1cc(Cl)c(Br)s1. The standard InChI is InChI=1S/C12H7Br2ClOS/c13-8-3-1-2-7(4-8)5-10(16)11-6-9(15)12(14)17-11/h1-4,6H,5H2. The van der Waals surface area contributed by atoms with Crippen LogP contribution in [-0.4, -0.2) is 5.78 Å². The lowest BCUT2D eigenvalue weighted by Crippen LogP contribution is -2.00. The minimum atomic E-state index is 0.0840. The van der Waals surface area contributed by atoms with Crippen LogP contribution < -0.4 is 0 Å². The first-order valence-electron chi connectivity index (χ1n) is 4.79. The molecule has 17 heavy (non-hydrogen) atoms. The molecule has 1 aromatic carbocycles. The van der Waals surface area contributed by atoms with Crippen LogP contribution in [0, 0.1) is 0 Å². The van der Waals surface area contributed by atoms with E-state index in [1.54, 1.807) is 6.07 Å². The predicted molar refractivity (Wildman–Crippen MR) is 79.2 cm³/mol. The highest BCUT2D eigenvalue weighted by molar-refractivity contribution is 9.11. The summed E-state index contributed by atoms with van der Waals surface area (Å²) >= 11 is 14.0. The molecule has 88 valence electrons. The summed E-state index contributed by atoms with van der Waals surface area (Å²) < 4.78 is 1.78. The van der Waals surface area contributed by atoms with E-state index >= 15 is 0 Å². The largest absolute Gasteiger partial charge is 0.293 e. The number of halogens is 3. The molecule has 0 fully saturated rings. The van der Waals surface area contributed by atoms with Gasteiger partial charge in [0.2, 0.25) is 0 Å². The fourth-order valence-corrected chi connectivity index (χ4v) is 3.49. The van der Waals surface area contributed by atoms with Crippen LogP contribution in [0.5, 0.6) is 0 Å². The van der Waals surface area contributed by atoms with Gasteiger partial charge in [0.15, 0.2) is 5.78 Å². The number of carbonyl (C=O) groups excluding carboxylic acids is 1. The quantitative estimate of drug-likeness (QED) is 0.641. The van der Waals surface area contributed by atoms with E-state index < -0.39 is 0 Å². The average Bonchev–Trinajstić information content (AvgIpc) is 2.59. The number of ketones is 1. The van der Waals surface area contributed by atoms with E-state index in [4.69, 9.17) is 11.6 Å². The molecule has 0 amide bonds. The van der Waals surface area contributed by atoms with Crippen molar-refractivity contribution in [2.45, 2.75) is 6.42 Å². The highest BCUT2D eigenvalue weighted by Crippen LogP contribution is 2.32. The van der Waals surface area contributed by atoms with Crippen molar-refractivity contribution in [1.82, 2.24) is 0 Å². The second-order valence-electron chi connectivity index (χ2n) is 3.46. The van der Waals surface area contributed by atoms with Gasteiger partial charge in [-0.2, -0.15) is 0 Å². The lowest BCUT2D eigenvalue weighted by atomic mass is 10.1. The van der Waals surface area contributed by atoms with Gasteiger partial charge in [-0.05, 0) is 39.7 Å². The maximum atomic E-state index is 12.0. The molecular formula is C12H7Br2ClOS. The number of carbonyl (C=O) groups is 1. The zero-order chi connectivity index (χ0) is 12.4. The van der Waals surface area contributed by atoms with Crippen molar-refractivity contribution < 1.29 is 4.79 Å². The van der Waals surface area contributed by atoms with Crippen molar-refractivity contribution in [2.24, 2.45) is 0 Å². The molecule has 2 rings (SSSR count). The van der Waals surface area contributed by atoms with E-state index in [2.05, 4.69) is 31.9 Å². The zero-order valence-corrected chi connectivity index (χ0v) is 13.3. The number of rotatable bonds is 3. The molecule has 0 saturated carbocycles. The maximum absolute atomic E-state index is 12.0. The van der Waals surface area contributed by atoms with Crippen molar-refractivity contribution >= 4 is 60.6 Å². The molecule has 1 nitrogen and oxygen atoms in total. The van der Waals surface area contributed by atoms with Gasteiger partial charge in [-0.3, -0.25) is 4.79 Å². The van der Waals surface area contributed by atoms with Gasteiger partial charge in [0.05, 0.1) is 13.7 Å². The summed E-state index contributed by atoms with van der Waals surface area (Å²) in [5.41, 5.74) is 0.991. The summed E-state index contributed by atoms with van der Waals surface area (Å²) in [6, 6.07) is 9.45. The third-order valence-corrected chi connectivity index (χ3v) is 5.18. The van der Waals surface area contributed by atoms with E-state index in [1.165, 1.54) is 11.3 Å². The summed E-state index contributed by atoms with van der Waals surface area (Å²) in [6.45, 7) is 0. The van der Waals surface area contributed by atoms with E-state index in [0.717, 1.165) is 13.8 Å². The summed E-state index contributed by atoms with van der Waals surface area (Å²) in [7, 11) is 0. The van der Waals surface area contributed by atoms with Crippen molar-refractivity contribution in [3.05, 3.63) is 54.1 Å². The predicted octanol–water partition coefficient (Wildman–Crippen LogP) is 5.35. The van der Waals surface area contributed by atoms with Crippen molar-refractivity contribution in [3.8, 4) is 0 Å². The molecule has 1 aromatic heterocycles. The molecule has 0 unspecified atom stereocenters. The van der Waals surface area contributed by atoms with Gasteiger partial charge in [-0.1, -0.05) is 39.7 Å². The smallest absolute Gasteiger partial charge is 0.177 e. The monoisotopic (exact) mass is 392 g/mol. The van der Waals surface area contributed by atoms with Gasteiger partial charge in [0, 0.05) is 10.9 Å². The molecule has 5 heteroatoms. The molecule has 0 N–H and O–H groups in total. The van der Waals surface area contributed by atoms with Gasteiger partial charge in [0.25, 0.3) is 0 Å². The van der Waals surface area contributed by atoms with Crippen molar-refractivity contribution in [3.63, 3.8) is 0 Å². The van der Waals surface area contributed by atoms with Crippen molar-refractivity contribution in [1.29, 1.82) is 0 Å². The average molecular weight is 395 g/mol. The molecule has 0 aliphatic rings. The number of benzene rings is 1. The Hall–Kier alpha value is -0.160. The lowest BCUT2D eigenvalue weighted by molar-refractivity contribution is 0.0997. The Bertz CT molecular complexity index is 546. The van der Waals surface area contributed by atoms with Gasteiger partial charge >= 0.3 is 0 Å². The number of Topliss-reactive ketones (excluding diaryl/α,β-unsaturated/α-hetero) is 1. The molecule has 2 aromatic rings. The van der Waals surface area contributed by atoms with Gasteiger partial charge < -0.3 is 0 Å². The fraction of sp³-hybridized carbons (Fsp3) is 0.0833. The highest BCUT2D eigenvalue weighted by Gasteiger charge is 2.12. The van der Waals surface area contributed by atoms with E-state index in [1.807, 2.05) is 24.3 Å². The fourth-order valence-electron chi connectivity index (χ4n) is 1.40. The summed E-state index contributed by atoms with van der Waals surface area (Å²) in [6.07, 6.45) is 0.392. The second-order valence-corrected chi connectivity index (χ2v) is 7.16. The first-order chi connectivity index (χ1) is 8.06. The van der Waals surface area contributed by atoms with Crippen LogP contribution in [0.15, 0.2) is 38.6 Å². The summed E-state index contributed by atoms with van der Waals surface area (Å²) in [5.74, 6) is 0.0840. The molecular weight excluding hydrogens is 387 g/mol. The normalized spacial score (nSPS) is 10.5. The second kappa shape index (κ2) is 5.65. The summed E-state index contributed by atoms with van der Waals surface area (Å²) in [5, 5.41) is 0.590. The van der Waals surface area contributed by atoms with Gasteiger partial charge in [-0.15, -0.1) is 11.3 Å². The Morgan fingerprint density at radius 3 is 2.65 bits per heavy atom. The lowest BCUT2D eigenvalue weighted by Gasteiger charge is -1.99. The molecule has 0 bridgehead atoms. The minimum Gasteiger partial charge on any atom is -0.293 e.